The lowest BCUT2D eigenvalue weighted by molar-refractivity contribution is -0.119. The molecule has 170 valence electrons. The van der Waals surface area contributed by atoms with Crippen molar-refractivity contribution in [2.75, 3.05) is 14.2 Å². The summed E-state index contributed by atoms with van der Waals surface area (Å²) in [7, 11) is 3.04. The number of ether oxygens (including phenoxy) is 2. The van der Waals surface area contributed by atoms with E-state index in [0.29, 0.717) is 24.0 Å². The number of amides is 1. The second kappa shape index (κ2) is 16.7. The van der Waals surface area contributed by atoms with Crippen LogP contribution in [0.1, 0.15) is 102 Å². The van der Waals surface area contributed by atoms with Crippen LogP contribution in [-0.4, -0.2) is 30.1 Å². The molecule has 1 aromatic rings. The number of nitrogens with two attached hydrogens (primary N) is 1. The molecule has 0 aromatic carbocycles. The predicted molar refractivity (Wildman–Crippen MR) is 122 cm³/mol. The van der Waals surface area contributed by atoms with Crippen molar-refractivity contribution in [2.45, 2.75) is 96.3 Å². The van der Waals surface area contributed by atoms with Crippen LogP contribution in [0.25, 0.3) is 0 Å². The van der Waals surface area contributed by atoms with Gasteiger partial charge in [-0.05, 0) is 32.1 Å². The van der Waals surface area contributed by atoms with E-state index in [-0.39, 0.29) is 0 Å². The van der Waals surface area contributed by atoms with Gasteiger partial charge in [-0.1, -0.05) is 70.4 Å². The van der Waals surface area contributed by atoms with Crippen LogP contribution < -0.4 is 15.2 Å². The van der Waals surface area contributed by atoms with Crippen molar-refractivity contribution in [3.05, 3.63) is 24.0 Å². The van der Waals surface area contributed by atoms with Crippen molar-refractivity contribution in [2.24, 2.45) is 5.73 Å². The highest BCUT2D eigenvalue weighted by Crippen LogP contribution is 2.24. The third kappa shape index (κ3) is 11.2. The lowest BCUT2D eigenvalue weighted by Gasteiger charge is -2.13. The number of unbranched alkanes of at least 4 members (excludes halogenated alkanes) is 10. The molecule has 1 amide bonds. The summed E-state index contributed by atoms with van der Waals surface area (Å²) in [6.07, 6.45) is 20.0. The van der Waals surface area contributed by atoms with Gasteiger partial charge >= 0.3 is 0 Å². The number of allylic oxidation sites excluding steroid dienone is 2. The normalized spacial score (nSPS) is 12.2. The Bertz CT molecular complexity index is 597. The Morgan fingerprint density at radius 1 is 0.900 bits per heavy atom. The van der Waals surface area contributed by atoms with Crippen molar-refractivity contribution in [3.8, 4) is 11.8 Å². The second-order valence-electron chi connectivity index (χ2n) is 7.79. The minimum absolute atomic E-state index is 0.371. The molecule has 30 heavy (non-hydrogen) atoms. The summed E-state index contributed by atoms with van der Waals surface area (Å²) >= 11 is 0. The highest BCUT2D eigenvalue weighted by molar-refractivity contribution is 5.80. The van der Waals surface area contributed by atoms with E-state index in [9.17, 15) is 4.79 Å². The van der Waals surface area contributed by atoms with Crippen molar-refractivity contribution in [3.63, 3.8) is 0 Å². The van der Waals surface area contributed by atoms with Gasteiger partial charge < -0.3 is 15.2 Å². The van der Waals surface area contributed by atoms with Crippen molar-refractivity contribution in [1.29, 1.82) is 0 Å². The fourth-order valence-electron chi connectivity index (χ4n) is 3.43. The van der Waals surface area contributed by atoms with Gasteiger partial charge in [0.25, 0.3) is 0 Å². The Hall–Kier alpha value is -2.11. The summed E-state index contributed by atoms with van der Waals surface area (Å²) in [5.41, 5.74) is 5.60. The fraction of sp³-hybridized carbons (Fsp3) is 0.708. The van der Waals surface area contributed by atoms with Gasteiger partial charge in [-0.3, -0.25) is 4.79 Å². The van der Waals surface area contributed by atoms with Gasteiger partial charge in [0.2, 0.25) is 17.7 Å². The SMILES string of the molecule is CCCCCCCCC=CCCCCCCC(C(N)=O)c1nc(OC)cc(OC)n1. The number of primary amides is 1. The summed E-state index contributed by atoms with van der Waals surface area (Å²) in [5, 5.41) is 0. The summed E-state index contributed by atoms with van der Waals surface area (Å²) in [5.74, 6) is 0.178. The van der Waals surface area contributed by atoms with E-state index >= 15 is 0 Å². The minimum atomic E-state index is -0.522. The molecule has 0 saturated heterocycles. The van der Waals surface area contributed by atoms with Crippen molar-refractivity contribution in [1.82, 2.24) is 9.97 Å². The molecule has 2 N–H and O–H groups in total. The topological polar surface area (TPSA) is 87.3 Å². The van der Waals surface area contributed by atoms with E-state index in [2.05, 4.69) is 29.0 Å². The number of carbonyl (C=O) groups is 1. The van der Waals surface area contributed by atoms with Crippen LogP contribution in [-0.2, 0) is 4.79 Å². The van der Waals surface area contributed by atoms with Gasteiger partial charge in [0.1, 0.15) is 5.82 Å². The number of nitrogens with zero attached hydrogens (tertiary/aromatic N) is 2. The molecule has 6 heteroatoms. The van der Waals surface area contributed by atoms with E-state index in [0.717, 1.165) is 25.7 Å². The highest BCUT2D eigenvalue weighted by Gasteiger charge is 2.22. The molecule has 0 spiro atoms. The molecular formula is C24H41N3O3. The zero-order chi connectivity index (χ0) is 22.0. The van der Waals surface area contributed by atoms with Crippen molar-refractivity contribution >= 4 is 5.91 Å². The van der Waals surface area contributed by atoms with Gasteiger partial charge in [-0.2, -0.15) is 9.97 Å². The molecule has 0 aliphatic carbocycles. The maximum absolute atomic E-state index is 11.9. The molecule has 0 aliphatic heterocycles. The summed E-state index contributed by atoms with van der Waals surface area (Å²) in [4.78, 5) is 20.5. The second-order valence-corrected chi connectivity index (χ2v) is 7.79. The Labute approximate surface area is 182 Å². The number of hydrogen-bond acceptors (Lipinski definition) is 5. The van der Waals surface area contributed by atoms with Gasteiger partial charge in [-0.15, -0.1) is 0 Å². The molecule has 0 fully saturated rings. The van der Waals surface area contributed by atoms with Gasteiger partial charge in [-0.25, -0.2) is 0 Å². The first-order chi connectivity index (χ1) is 14.6. The molecular weight excluding hydrogens is 378 g/mol. The van der Waals surface area contributed by atoms with Crippen molar-refractivity contribution < 1.29 is 14.3 Å². The third-order valence-corrected chi connectivity index (χ3v) is 5.27. The first-order valence-electron chi connectivity index (χ1n) is 11.5. The van der Waals surface area contributed by atoms with E-state index in [4.69, 9.17) is 15.2 Å². The molecule has 1 aromatic heterocycles. The molecule has 0 aliphatic rings. The monoisotopic (exact) mass is 419 g/mol. The summed E-state index contributed by atoms with van der Waals surface area (Å²) in [6, 6.07) is 1.58. The predicted octanol–water partition coefficient (Wildman–Crippen LogP) is 5.71. The molecule has 0 radical (unpaired) electrons. The lowest BCUT2D eigenvalue weighted by Crippen LogP contribution is -2.23. The van der Waals surface area contributed by atoms with Crippen LogP contribution >= 0.6 is 0 Å². The minimum Gasteiger partial charge on any atom is -0.481 e. The van der Waals surface area contributed by atoms with Crippen LogP contribution in [0.2, 0.25) is 0 Å². The van der Waals surface area contributed by atoms with Crippen LogP contribution in [0, 0.1) is 0 Å². The smallest absolute Gasteiger partial charge is 0.228 e. The maximum Gasteiger partial charge on any atom is 0.228 e. The molecule has 0 bridgehead atoms. The standard InChI is InChI=1S/C24H41N3O3/c1-4-5-6-7-8-9-10-11-12-13-14-15-16-17-18-20(23(25)28)24-26-21(29-2)19-22(27-24)30-3/h11-12,19-20H,4-10,13-18H2,1-3H3,(H2,25,28). The summed E-state index contributed by atoms with van der Waals surface area (Å²) in [6.45, 7) is 2.26. The number of rotatable bonds is 18. The quantitative estimate of drug-likeness (QED) is 0.243. The van der Waals surface area contributed by atoms with Gasteiger partial charge in [0.05, 0.1) is 26.2 Å². The van der Waals surface area contributed by atoms with E-state index in [1.54, 1.807) is 6.07 Å². The van der Waals surface area contributed by atoms with Gasteiger partial charge in [0, 0.05) is 0 Å². The number of hydrogen-bond donors (Lipinski definition) is 1. The lowest BCUT2D eigenvalue weighted by atomic mass is 9.98. The number of methoxy groups -OCH3 is 2. The van der Waals surface area contributed by atoms with Crippen LogP contribution in [0.5, 0.6) is 11.8 Å². The average molecular weight is 420 g/mol. The molecule has 6 nitrogen and oxygen atoms in total. The maximum atomic E-state index is 11.9. The van der Waals surface area contributed by atoms with E-state index in [1.807, 2.05) is 0 Å². The van der Waals surface area contributed by atoms with E-state index in [1.165, 1.54) is 65.6 Å². The average Bonchev–Trinajstić information content (AvgIpc) is 2.75. The van der Waals surface area contributed by atoms with E-state index < -0.39 is 11.8 Å². The first-order valence-corrected chi connectivity index (χ1v) is 11.5. The van der Waals surface area contributed by atoms with Crippen LogP contribution in [0.3, 0.4) is 0 Å². The number of aromatic nitrogens is 2. The molecule has 0 saturated carbocycles. The Balaban J connectivity index is 2.22. The Morgan fingerprint density at radius 2 is 1.40 bits per heavy atom. The number of carbonyl (C=O) groups excluding carboxylic acids is 1. The van der Waals surface area contributed by atoms with Gasteiger partial charge in [0.15, 0.2) is 0 Å². The molecule has 1 rings (SSSR count). The third-order valence-electron chi connectivity index (χ3n) is 5.27. The molecule has 1 heterocycles. The Morgan fingerprint density at radius 3 is 1.90 bits per heavy atom. The fourth-order valence-corrected chi connectivity index (χ4v) is 3.43. The Kier molecular flexibility index (Phi) is 14.4. The first kappa shape index (κ1) is 25.9. The van der Waals surface area contributed by atoms with Crippen LogP contribution in [0.15, 0.2) is 18.2 Å². The largest absolute Gasteiger partial charge is 0.481 e. The summed E-state index contributed by atoms with van der Waals surface area (Å²) < 4.78 is 10.3. The zero-order valence-electron chi connectivity index (χ0n) is 19.2. The van der Waals surface area contributed by atoms with Crippen LogP contribution in [0.4, 0.5) is 0 Å². The highest BCUT2D eigenvalue weighted by atomic mass is 16.5. The molecule has 1 unspecified atom stereocenters. The zero-order valence-corrected chi connectivity index (χ0v) is 19.2. The molecule has 1 atom stereocenters.